The Bertz CT molecular complexity index is 440. The first-order valence-corrected chi connectivity index (χ1v) is 6.06. The molecule has 0 aliphatic rings. The van der Waals surface area contributed by atoms with Crippen molar-refractivity contribution in [3.63, 3.8) is 0 Å². The molecule has 16 heavy (non-hydrogen) atoms. The van der Waals surface area contributed by atoms with Gasteiger partial charge in [0.2, 0.25) is 0 Å². The average molecular weight is 234 g/mol. The lowest BCUT2D eigenvalue weighted by molar-refractivity contribution is 0.297. The van der Waals surface area contributed by atoms with Crippen molar-refractivity contribution in [3.05, 3.63) is 46.4 Å². The Hall–Kier alpha value is -1.39. The van der Waals surface area contributed by atoms with Crippen molar-refractivity contribution in [3.8, 4) is 5.75 Å². The molecule has 0 saturated carbocycles. The average Bonchev–Trinajstić information content (AvgIpc) is 2.79. The van der Waals surface area contributed by atoms with E-state index in [4.69, 9.17) is 10.5 Å². The summed E-state index contributed by atoms with van der Waals surface area (Å²) < 4.78 is 5.71. The zero-order valence-corrected chi connectivity index (χ0v) is 9.91. The third kappa shape index (κ3) is 2.59. The number of hydrogen-bond acceptors (Lipinski definition) is 4. The lowest BCUT2D eigenvalue weighted by atomic mass is 10.1. The zero-order chi connectivity index (χ0) is 11.4. The van der Waals surface area contributed by atoms with Crippen LogP contribution in [0.1, 0.15) is 24.2 Å². The minimum Gasteiger partial charge on any atom is -0.487 e. The van der Waals surface area contributed by atoms with E-state index in [9.17, 15) is 0 Å². The van der Waals surface area contributed by atoms with Crippen LogP contribution in [0.25, 0.3) is 0 Å². The number of benzene rings is 1. The molecule has 4 heteroatoms. The van der Waals surface area contributed by atoms with E-state index in [0.29, 0.717) is 6.61 Å². The molecule has 0 saturated heterocycles. The highest BCUT2D eigenvalue weighted by molar-refractivity contribution is 7.07. The topological polar surface area (TPSA) is 48.1 Å². The van der Waals surface area contributed by atoms with Gasteiger partial charge >= 0.3 is 0 Å². The number of ether oxygens (including phenoxy) is 1. The molecule has 3 nitrogen and oxygen atoms in total. The maximum atomic E-state index is 5.87. The number of rotatable bonds is 4. The van der Waals surface area contributed by atoms with Crippen LogP contribution in [0.3, 0.4) is 0 Å². The fourth-order valence-corrected chi connectivity index (χ4v) is 1.99. The third-order valence-electron chi connectivity index (χ3n) is 2.27. The Morgan fingerprint density at radius 2 is 2.25 bits per heavy atom. The van der Waals surface area contributed by atoms with Gasteiger partial charge in [0.25, 0.3) is 0 Å². The first-order chi connectivity index (χ1) is 7.77. The third-order valence-corrected chi connectivity index (χ3v) is 2.90. The van der Waals surface area contributed by atoms with Crippen molar-refractivity contribution in [1.82, 2.24) is 4.98 Å². The van der Waals surface area contributed by atoms with Crippen LogP contribution in [0.2, 0.25) is 0 Å². The van der Waals surface area contributed by atoms with Crippen LogP contribution in [0, 0.1) is 0 Å². The molecule has 0 fully saturated rings. The molecular weight excluding hydrogens is 220 g/mol. The standard InChI is InChI=1S/C12H14N2OS/c1-9(13)11-4-2-3-5-12(11)15-6-10-7-16-8-14-10/h2-5,7-9H,6,13H2,1H3. The Kier molecular flexibility index (Phi) is 3.54. The molecule has 2 rings (SSSR count). The molecule has 84 valence electrons. The van der Waals surface area contributed by atoms with E-state index in [1.54, 1.807) is 16.8 Å². The number of hydrogen-bond donors (Lipinski definition) is 1. The number of aromatic nitrogens is 1. The van der Waals surface area contributed by atoms with E-state index < -0.39 is 0 Å². The SMILES string of the molecule is CC(N)c1ccccc1OCc1cscn1. The quantitative estimate of drug-likeness (QED) is 0.884. The molecule has 0 aliphatic heterocycles. The van der Waals surface area contributed by atoms with Gasteiger partial charge in [0.05, 0.1) is 11.2 Å². The van der Waals surface area contributed by atoms with Crippen LogP contribution in [-0.4, -0.2) is 4.98 Å². The number of para-hydroxylation sites is 1. The minimum atomic E-state index is -0.0216. The molecular formula is C12H14N2OS. The summed E-state index contributed by atoms with van der Waals surface area (Å²) in [5, 5.41) is 1.98. The Labute approximate surface area is 98.9 Å². The van der Waals surface area contributed by atoms with Gasteiger partial charge in [-0.3, -0.25) is 0 Å². The number of nitrogens with two attached hydrogens (primary N) is 1. The van der Waals surface area contributed by atoms with Crippen molar-refractivity contribution in [1.29, 1.82) is 0 Å². The minimum absolute atomic E-state index is 0.0216. The van der Waals surface area contributed by atoms with E-state index in [1.807, 2.05) is 36.6 Å². The van der Waals surface area contributed by atoms with Crippen LogP contribution in [0.5, 0.6) is 5.75 Å². The van der Waals surface area contributed by atoms with Gasteiger partial charge in [-0.15, -0.1) is 11.3 Å². The Balaban J connectivity index is 2.09. The molecule has 1 unspecified atom stereocenters. The van der Waals surface area contributed by atoms with Gasteiger partial charge in [-0.25, -0.2) is 4.98 Å². The molecule has 1 aromatic carbocycles. The zero-order valence-electron chi connectivity index (χ0n) is 9.09. The van der Waals surface area contributed by atoms with Crippen LogP contribution >= 0.6 is 11.3 Å². The van der Waals surface area contributed by atoms with Crippen LogP contribution in [0.4, 0.5) is 0 Å². The molecule has 1 heterocycles. The first-order valence-electron chi connectivity index (χ1n) is 5.11. The summed E-state index contributed by atoms with van der Waals surface area (Å²) in [7, 11) is 0. The maximum Gasteiger partial charge on any atom is 0.131 e. The summed E-state index contributed by atoms with van der Waals surface area (Å²) in [4.78, 5) is 4.17. The van der Waals surface area contributed by atoms with Gasteiger partial charge in [0, 0.05) is 17.0 Å². The van der Waals surface area contributed by atoms with Crippen molar-refractivity contribution in [2.75, 3.05) is 0 Å². The monoisotopic (exact) mass is 234 g/mol. The largest absolute Gasteiger partial charge is 0.487 e. The molecule has 0 radical (unpaired) electrons. The lowest BCUT2D eigenvalue weighted by Gasteiger charge is -2.12. The predicted molar refractivity (Wildman–Crippen MR) is 65.5 cm³/mol. The van der Waals surface area contributed by atoms with Gasteiger partial charge in [-0.05, 0) is 13.0 Å². The summed E-state index contributed by atoms with van der Waals surface area (Å²) in [6.45, 7) is 2.44. The number of nitrogens with zero attached hydrogens (tertiary/aromatic N) is 1. The fraction of sp³-hybridized carbons (Fsp3) is 0.250. The summed E-state index contributed by atoms with van der Waals surface area (Å²) in [5.41, 5.74) is 9.65. The van der Waals surface area contributed by atoms with Crippen molar-refractivity contribution in [2.24, 2.45) is 5.73 Å². The second-order valence-corrected chi connectivity index (χ2v) is 4.31. The Morgan fingerprint density at radius 3 is 2.94 bits per heavy atom. The first kappa shape index (κ1) is 11.1. The second kappa shape index (κ2) is 5.09. The van der Waals surface area contributed by atoms with Gasteiger partial charge in [-0.2, -0.15) is 0 Å². The summed E-state index contributed by atoms with van der Waals surface area (Å²) >= 11 is 1.57. The molecule has 0 aliphatic carbocycles. The van der Waals surface area contributed by atoms with Gasteiger partial charge in [0.1, 0.15) is 12.4 Å². The molecule has 2 N–H and O–H groups in total. The molecule has 1 atom stereocenters. The molecule has 1 aromatic heterocycles. The summed E-state index contributed by atoms with van der Waals surface area (Å²) in [6, 6.07) is 7.81. The van der Waals surface area contributed by atoms with Crippen molar-refractivity contribution >= 4 is 11.3 Å². The molecule has 0 spiro atoms. The van der Waals surface area contributed by atoms with E-state index in [-0.39, 0.29) is 6.04 Å². The number of thiazole rings is 1. The van der Waals surface area contributed by atoms with Gasteiger partial charge in [0.15, 0.2) is 0 Å². The van der Waals surface area contributed by atoms with Crippen molar-refractivity contribution in [2.45, 2.75) is 19.6 Å². The van der Waals surface area contributed by atoms with E-state index in [1.165, 1.54) is 0 Å². The smallest absolute Gasteiger partial charge is 0.131 e. The molecule has 0 amide bonds. The van der Waals surface area contributed by atoms with Crippen LogP contribution < -0.4 is 10.5 Å². The summed E-state index contributed by atoms with van der Waals surface area (Å²) in [5.74, 6) is 0.838. The van der Waals surface area contributed by atoms with E-state index in [2.05, 4.69) is 4.98 Å². The normalized spacial score (nSPS) is 12.4. The van der Waals surface area contributed by atoms with Crippen molar-refractivity contribution < 1.29 is 4.74 Å². The predicted octanol–water partition coefficient (Wildman–Crippen LogP) is 2.74. The van der Waals surface area contributed by atoms with Crippen LogP contribution in [0.15, 0.2) is 35.2 Å². The highest BCUT2D eigenvalue weighted by Gasteiger charge is 2.07. The highest BCUT2D eigenvalue weighted by atomic mass is 32.1. The van der Waals surface area contributed by atoms with Crippen LogP contribution in [-0.2, 0) is 6.61 Å². The summed E-state index contributed by atoms with van der Waals surface area (Å²) in [6.07, 6.45) is 0. The highest BCUT2D eigenvalue weighted by Crippen LogP contribution is 2.23. The van der Waals surface area contributed by atoms with Gasteiger partial charge in [-0.1, -0.05) is 18.2 Å². The fourth-order valence-electron chi connectivity index (χ4n) is 1.45. The lowest BCUT2D eigenvalue weighted by Crippen LogP contribution is -2.08. The molecule has 0 bridgehead atoms. The van der Waals surface area contributed by atoms with Gasteiger partial charge < -0.3 is 10.5 Å². The van der Waals surface area contributed by atoms with E-state index >= 15 is 0 Å². The second-order valence-electron chi connectivity index (χ2n) is 3.59. The Morgan fingerprint density at radius 1 is 1.44 bits per heavy atom. The van der Waals surface area contributed by atoms with E-state index in [0.717, 1.165) is 17.0 Å². The molecule has 2 aromatic rings. The maximum absolute atomic E-state index is 5.87.